The average Bonchev–Trinajstić information content (AvgIpc) is 3.37. The van der Waals surface area contributed by atoms with Crippen molar-refractivity contribution in [1.82, 2.24) is 20.1 Å². The summed E-state index contributed by atoms with van der Waals surface area (Å²) in [7, 11) is 0. The van der Waals surface area contributed by atoms with E-state index < -0.39 is 6.10 Å². The maximum absolute atomic E-state index is 12.5. The highest BCUT2D eigenvalue weighted by molar-refractivity contribution is 7.13. The third-order valence-electron chi connectivity index (χ3n) is 4.68. The fourth-order valence-corrected chi connectivity index (χ4v) is 3.78. The summed E-state index contributed by atoms with van der Waals surface area (Å²) >= 11 is 7.42. The number of anilines is 1. The van der Waals surface area contributed by atoms with Gasteiger partial charge in [0.05, 0.1) is 35.0 Å². The highest BCUT2D eigenvalue weighted by Gasteiger charge is 2.16. The van der Waals surface area contributed by atoms with E-state index >= 15 is 0 Å². The standard InChI is InChI=1S/C21H23ClN6O2S/c1-12(24-20(30)19-11-31-21(26-19)25-13(2)14(3)29)10-28-7-6-18(27-28)15-4-5-16(9-23)17(22)8-15/h4-8,11-14,29H,10H2,1-3H3,(H,24,30)(H,25,26). The van der Waals surface area contributed by atoms with Crippen LogP contribution in [0.1, 0.15) is 36.8 Å². The van der Waals surface area contributed by atoms with Crippen molar-refractivity contribution in [2.45, 2.75) is 45.5 Å². The average molecular weight is 459 g/mol. The second-order valence-corrected chi connectivity index (χ2v) is 8.58. The molecule has 2 aromatic heterocycles. The van der Waals surface area contributed by atoms with Crippen molar-refractivity contribution in [3.05, 3.63) is 52.1 Å². The SMILES string of the molecule is CC(Cn1ccc(-c2ccc(C#N)c(Cl)c2)n1)NC(=O)c1csc(NC(C)C(C)O)n1. The van der Waals surface area contributed by atoms with Crippen LogP contribution >= 0.6 is 22.9 Å². The van der Waals surface area contributed by atoms with Gasteiger partial charge in [0.25, 0.3) is 5.91 Å². The first-order valence-corrected chi connectivity index (χ1v) is 11.0. The minimum atomic E-state index is -0.527. The molecule has 0 radical (unpaired) electrons. The van der Waals surface area contributed by atoms with Gasteiger partial charge in [-0.05, 0) is 39.0 Å². The summed E-state index contributed by atoms with van der Waals surface area (Å²) in [6, 6.07) is 8.72. The molecule has 1 aromatic carbocycles. The van der Waals surface area contributed by atoms with E-state index in [0.29, 0.717) is 28.0 Å². The molecule has 0 aliphatic heterocycles. The number of carbonyl (C=O) groups is 1. The van der Waals surface area contributed by atoms with E-state index in [0.717, 1.165) is 11.3 Å². The van der Waals surface area contributed by atoms with Gasteiger partial charge in [0.1, 0.15) is 11.8 Å². The van der Waals surface area contributed by atoms with E-state index in [1.165, 1.54) is 11.3 Å². The molecule has 31 heavy (non-hydrogen) atoms. The van der Waals surface area contributed by atoms with Crippen LogP contribution in [0, 0.1) is 11.3 Å². The van der Waals surface area contributed by atoms with Gasteiger partial charge in [0.2, 0.25) is 0 Å². The first kappa shape index (κ1) is 22.7. The molecule has 3 rings (SSSR count). The summed E-state index contributed by atoms with van der Waals surface area (Å²) in [6.45, 7) is 5.90. The number of benzene rings is 1. The van der Waals surface area contributed by atoms with Crippen LogP contribution in [0.25, 0.3) is 11.3 Å². The predicted octanol–water partition coefficient (Wildman–Crippen LogP) is 3.53. The quantitative estimate of drug-likeness (QED) is 0.475. The molecule has 0 aliphatic carbocycles. The summed E-state index contributed by atoms with van der Waals surface area (Å²) in [5.74, 6) is -0.271. The van der Waals surface area contributed by atoms with Crippen molar-refractivity contribution in [2.75, 3.05) is 5.32 Å². The number of aromatic nitrogens is 3. The monoisotopic (exact) mass is 458 g/mol. The van der Waals surface area contributed by atoms with Gasteiger partial charge in [-0.2, -0.15) is 10.4 Å². The van der Waals surface area contributed by atoms with Crippen LogP contribution in [0.15, 0.2) is 35.8 Å². The highest BCUT2D eigenvalue weighted by atomic mass is 35.5. The summed E-state index contributed by atoms with van der Waals surface area (Å²) < 4.78 is 1.74. The maximum Gasteiger partial charge on any atom is 0.271 e. The third-order valence-corrected chi connectivity index (χ3v) is 5.76. The number of halogens is 1. The number of thiazole rings is 1. The Balaban J connectivity index is 1.58. The van der Waals surface area contributed by atoms with Gasteiger partial charge in [-0.25, -0.2) is 4.98 Å². The zero-order valence-electron chi connectivity index (χ0n) is 17.3. The number of amides is 1. The fraction of sp³-hybridized carbons (Fsp3) is 0.333. The van der Waals surface area contributed by atoms with Crippen molar-refractivity contribution in [3.63, 3.8) is 0 Å². The molecule has 0 bridgehead atoms. The van der Waals surface area contributed by atoms with Crippen LogP contribution in [-0.2, 0) is 6.54 Å². The first-order valence-electron chi connectivity index (χ1n) is 9.71. The summed E-state index contributed by atoms with van der Waals surface area (Å²) in [6.07, 6.45) is 1.30. The van der Waals surface area contributed by atoms with Crippen LogP contribution in [0.5, 0.6) is 0 Å². The predicted molar refractivity (Wildman–Crippen MR) is 121 cm³/mol. The van der Waals surface area contributed by atoms with E-state index in [2.05, 4.69) is 20.7 Å². The molecule has 3 atom stereocenters. The molecule has 0 fully saturated rings. The van der Waals surface area contributed by atoms with Gasteiger partial charge in [-0.15, -0.1) is 11.3 Å². The van der Waals surface area contributed by atoms with Crippen molar-refractivity contribution in [1.29, 1.82) is 5.26 Å². The zero-order valence-corrected chi connectivity index (χ0v) is 18.9. The summed E-state index contributed by atoms with van der Waals surface area (Å²) in [5.41, 5.74) is 2.29. The van der Waals surface area contributed by atoms with Gasteiger partial charge in [-0.3, -0.25) is 9.48 Å². The minimum absolute atomic E-state index is 0.166. The number of carbonyl (C=O) groups excluding carboxylic acids is 1. The number of nitrogens with one attached hydrogen (secondary N) is 2. The second-order valence-electron chi connectivity index (χ2n) is 7.32. The van der Waals surface area contributed by atoms with E-state index in [-0.39, 0.29) is 18.0 Å². The molecule has 2 heterocycles. The van der Waals surface area contributed by atoms with Gasteiger partial charge >= 0.3 is 0 Å². The van der Waals surface area contributed by atoms with Crippen LogP contribution in [0.4, 0.5) is 5.13 Å². The minimum Gasteiger partial charge on any atom is -0.391 e. The first-order chi connectivity index (χ1) is 14.8. The smallest absolute Gasteiger partial charge is 0.271 e. The molecule has 3 N–H and O–H groups in total. The van der Waals surface area contributed by atoms with Crippen molar-refractivity contribution < 1.29 is 9.90 Å². The molecule has 1 amide bonds. The lowest BCUT2D eigenvalue weighted by Gasteiger charge is -2.15. The largest absolute Gasteiger partial charge is 0.391 e. The lowest BCUT2D eigenvalue weighted by molar-refractivity contribution is 0.0931. The number of aliphatic hydroxyl groups is 1. The number of hydrogen-bond donors (Lipinski definition) is 3. The molecule has 10 heteroatoms. The Morgan fingerprint density at radius 3 is 2.81 bits per heavy atom. The molecular formula is C21H23ClN6O2S. The number of aliphatic hydroxyl groups excluding tert-OH is 1. The molecule has 162 valence electrons. The van der Waals surface area contributed by atoms with Gasteiger partial charge in [0.15, 0.2) is 5.13 Å². The van der Waals surface area contributed by atoms with E-state index in [1.807, 2.05) is 32.2 Å². The Hall–Kier alpha value is -2.93. The Kier molecular flexibility index (Phi) is 7.28. The number of nitriles is 1. The van der Waals surface area contributed by atoms with E-state index in [4.69, 9.17) is 16.9 Å². The van der Waals surface area contributed by atoms with E-state index in [9.17, 15) is 9.90 Å². The van der Waals surface area contributed by atoms with Crippen LogP contribution in [0.3, 0.4) is 0 Å². The van der Waals surface area contributed by atoms with Gasteiger partial charge in [-0.1, -0.05) is 17.7 Å². The summed E-state index contributed by atoms with van der Waals surface area (Å²) in [5, 5.41) is 31.7. The van der Waals surface area contributed by atoms with E-state index in [1.54, 1.807) is 35.2 Å². The molecular weight excluding hydrogens is 436 g/mol. The Labute approximate surface area is 189 Å². The Morgan fingerprint density at radius 2 is 2.13 bits per heavy atom. The Morgan fingerprint density at radius 1 is 1.35 bits per heavy atom. The van der Waals surface area contributed by atoms with Crippen LogP contribution in [0.2, 0.25) is 5.02 Å². The van der Waals surface area contributed by atoms with Gasteiger partial charge < -0.3 is 15.7 Å². The molecule has 0 spiro atoms. The van der Waals surface area contributed by atoms with Crippen molar-refractivity contribution in [2.24, 2.45) is 0 Å². The second kappa shape index (κ2) is 9.92. The van der Waals surface area contributed by atoms with Crippen LogP contribution in [-0.4, -0.2) is 44.0 Å². The molecule has 8 nitrogen and oxygen atoms in total. The highest BCUT2D eigenvalue weighted by Crippen LogP contribution is 2.24. The van der Waals surface area contributed by atoms with Crippen LogP contribution < -0.4 is 10.6 Å². The van der Waals surface area contributed by atoms with Crippen molar-refractivity contribution >= 4 is 34.0 Å². The molecule has 3 aromatic rings. The lowest BCUT2D eigenvalue weighted by atomic mass is 10.1. The molecule has 0 saturated heterocycles. The van der Waals surface area contributed by atoms with Crippen molar-refractivity contribution in [3.8, 4) is 17.3 Å². The number of rotatable bonds is 8. The molecule has 3 unspecified atom stereocenters. The summed E-state index contributed by atoms with van der Waals surface area (Å²) in [4.78, 5) is 16.8. The van der Waals surface area contributed by atoms with Gasteiger partial charge in [0, 0.05) is 23.2 Å². The Bertz CT molecular complexity index is 1100. The normalized spacial score (nSPS) is 13.8. The lowest BCUT2D eigenvalue weighted by Crippen LogP contribution is -2.36. The fourth-order valence-electron chi connectivity index (χ4n) is 2.77. The maximum atomic E-state index is 12.5. The molecule has 0 saturated carbocycles. The number of hydrogen-bond acceptors (Lipinski definition) is 7. The number of nitrogens with zero attached hydrogens (tertiary/aromatic N) is 4. The third kappa shape index (κ3) is 5.82. The molecule has 0 aliphatic rings. The topological polar surface area (TPSA) is 116 Å². The zero-order chi connectivity index (χ0) is 22.5.